The minimum atomic E-state index is -1.14. The van der Waals surface area contributed by atoms with Gasteiger partial charge in [-0.15, -0.1) is 0 Å². The molecule has 0 saturated carbocycles. The Bertz CT molecular complexity index is 1060. The number of carboxylic acids is 1. The first-order valence-electron chi connectivity index (χ1n) is 9.79. The minimum absolute atomic E-state index is 0.0744. The highest BCUT2D eigenvalue weighted by Crippen LogP contribution is 2.34. The Morgan fingerprint density at radius 3 is 2.53 bits per heavy atom. The zero-order valence-electron chi connectivity index (χ0n) is 16.9. The molecule has 3 rings (SSSR count). The highest BCUT2D eigenvalue weighted by atomic mass is 19.1. The predicted molar refractivity (Wildman–Crippen MR) is 113 cm³/mol. The van der Waals surface area contributed by atoms with Crippen LogP contribution in [0.3, 0.4) is 0 Å². The maximum absolute atomic E-state index is 13.5. The number of fused-ring (bicyclic) bond motifs is 1. The maximum atomic E-state index is 13.5. The number of carboxylic acid groups (broad SMARTS) is 1. The lowest BCUT2D eigenvalue weighted by Crippen LogP contribution is -2.19. The molecular weight excluding hydrogens is 387 g/mol. The van der Waals surface area contributed by atoms with Gasteiger partial charge in [0.15, 0.2) is 0 Å². The van der Waals surface area contributed by atoms with E-state index in [9.17, 15) is 19.4 Å². The van der Waals surface area contributed by atoms with Crippen LogP contribution in [-0.4, -0.2) is 43.1 Å². The van der Waals surface area contributed by atoms with Crippen molar-refractivity contribution < 1.29 is 24.5 Å². The number of nitrogens with zero attached hydrogens (tertiary/aromatic N) is 2. The highest BCUT2D eigenvalue weighted by Gasteiger charge is 2.18. The monoisotopic (exact) mass is 412 g/mol. The van der Waals surface area contributed by atoms with Crippen molar-refractivity contribution in [2.24, 2.45) is 0 Å². The Morgan fingerprint density at radius 1 is 1.20 bits per heavy atom. The molecule has 1 aromatic carbocycles. The van der Waals surface area contributed by atoms with E-state index in [2.05, 4.69) is 0 Å². The predicted octanol–water partition coefficient (Wildman–Crippen LogP) is 3.86. The molecule has 0 aliphatic carbocycles. The fraction of sp³-hybridized carbons (Fsp3) is 0.304. The molecule has 30 heavy (non-hydrogen) atoms. The fourth-order valence-corrected chi connectivity index (χ4v) is 3.46. The first kappa shape index (κ1) is 21.7. The largest absolute Gasteiger partial charge is 0.481 e. The molecular formula is C23H25FN2O4. The summed E-state index contributed by atoms with van der Waals surface area (Å²) in [5.41, 5.74) is 4.09. The third-order valence-corrected chi connectivity index (χ3v) is 4.83. The molecule has 0 radical (unpaired) electrons. The molecule has 7 heteroatoms. The molecule has 2 heterocycles. The summed E-state index contributed by atoms with van der Waals surface area (Å²) < 4.78 is 15.3. The number of hydrogen-bond donors (Lipinski definition) is 3. The summed E-state index contributed by atoms with van der Waals surface area (Å²) in [7, 11) is 0. The number of aliphatic hydroxyl groups excluding tert-OH is 2. The van der Waals surface area contributed by atoms with Crippen LogP contribution in [-0.2, 0) is 4.79 Å². The van der Waals surface area contributed by atoms with Crippen LogP contribution >= 0.6 is 0 Å². The quantitative estimate of drug-likeness (QED) is 0.522. The number of aromatic nitrogens is 2. The van der Waals surface area contributed by atoms with Gasteiger partial charge in [0.2, 0.25) is 0 Å². The van der Waals surface area contributed by atoms with Crippen LogP contribution in [0.4, 0.5) is 4.39 Å². The molecule has 6 nitrogen and oxygen atoms in total. The number of aliphatic hydroxyl groups is 2. The molecule has 2 aromatic heterocycles. The van der Waals surface area contributed by atoms with E-state index in [-0.39, 0.29) is 18.2 Å². The summed E-state index contributed by atoms with van der Waals surface area (Å²) in [6, 6.07) is 9.99. The minimum Gasteiger partial charge on any atom is -0.481 e. The van der Waals surface area contributed by atoms with Crippen LogP contribution in [0.5, 0.6) is 0 Å². The van der Waals surface area contributed by atoms with Gasteiger partial charge in [-0.25, -0.2) is 8.91 Å². The third-order valence-electron chi connectivity index (χ3n) is 4.83. The van der Waals surface area contributed by atoms with Gasteiger partial charge in [0.1, 0.15) is 5.82 Å². The smallest absolute Gasteiger partial charge is 0.305 e. The molecule has 3 N–H and O–H groups in total. The Morgan fingerprint density at radius 2 is 1.90 bits per heavy atom. The first-order valence-corrected chi connectivity index (χ1v) is 9.79. The molecule has 2 atom stereocenters. The average Bonchev–Trinajstić information content (AvgIpc) is 3.13. The van der Waals surface area contributed by atoms with Gasteiger partial charge < -0.3 is 15.3 Å². The van der Waals surface area contributed by atoms with Gasteiger partial charge in [0.25, 0.3) is 0 Å². The zero-order valence-corrected chi connectivity index (χ0v) is 16.9. The van der Waals surface area contributed by atoms with Crippen molar-refractivity contribution in [1.29, 1.82) is 0 Å². The van der Waals surface area contributed by atoms with Gasteiger partial charge in [-0.3, -0.25) is 4.79 Å². The van der Waals surface area contributed by atoms with Crippen molar-refractivity contribution >= 4 is 17.6 Å². The average molecular weight is 412 g/mol. The molecule has 0 aliphatic heterocycles. The number of rotatable bonds is 8. The summed E-state index contributed by atoms with van der Waals surface area (Å²) in [5, 5.41) is 33.5. The van der Waals surface area contributed by atoms with Crippen LogP contribution in [0.25, 0.3) is 22.7 Å². The number of benzene rings is 1. The lowest BCUT2D eigenvalue weighted by atomic mass is 9.93. The van der Waals surface area contributed by atoms with Crippen molar-refractivity contribution in [2.75, 3.05) is 0 Å². The van der Waals surface area contributed by atoms with Gasteiger partial charge in [-0.05, 0) is 35.7 Å². The van der Waals surface area contributed by atoms with E-state index in [0.29, 0.717) is 0 Å². The summed E-state index contributed by atoms with van der Waals surface area (Å²) in [4.78, 5) is 10.7. The Kier molecular flexibility index (Phi) is 6.64. The van der Waals surface area contributed by atoms with Crippen LogP contribution < -0.4 is 0 Å². The van der Waals surface area contributed by atoms with Crippen molar-refractivity contribution in [1.82, 2.24) is 9.61 Å². The SMILES string of the molecule is CC(C)c1nn2cccc2c(-c2ccc(F)cc2)c1/C=C/C(O)CC(O)CC(=O)O. The third kappa shape index (κ3) is 4.93. The van der Waals surface area contributed by atoms with Crippen molar-refractivity contribution in [2.45, 2.75) is 44.8 Å². The van der Waals surface area contributed by atoms with E-state index in [1.54, 1.807) is 22.7 Å². The Balaban J connectivity index is 2.07. The first-order chi connectivity index (χ1) is 14.3. The topological polar surface area (TPSA) is 95.1 Å². The molecule has 3 aromatic rings. The van der Waals surface area contributed by atoms with Gasteiger partial charge >= 0.3 is 5.97 Å². The summed E-state index contributed by atoms with van der Waals surface area (Å²) in [6.07, 6.45) is 2.43. The van der Waals surface area contributed by atoms with Crippen LogP contribution in [0.2, 0.25) is 0 Å². The molecule has 0 amide bonds. The van der Waals surface area contributed by atoms with Crippen molar-refractivity contribution in [3.8, 4) is 11.1 Å². The van der Waals surface area contributed by atoms with Gasteiger partial charge in [0.05, 0.1) is 29.8 Å². The number of hydrogen-bond acceptors (Lipinski definition) is 4. The van der Waals surface area contributed by atoms with Gasteiger partial charge in [0, 0.05) is 23.7 Å². The second-order valence-corrected chi connectivity index (χ2v) is 7.59. The van der Waals surface area contributed by atoms with Gasteiger partial charge in [-0.2, -0.15) is 5.10 Å². The molecule has 0 fully saturated rings. The summed E-state index contributed by atoms with van der Waals surface area (Å²) in [5.74, 6) is -1.38. The van der Waals surface area contributed by atoms with E-state index >= 15 is 0 Å². The summed E-state index contributed by atoms with van der Waals surface area (Å²) >= 11 is 0. The molecule has 0 saturated heterocycles. The number of carbonyl (C=O) groups is 1. The van der Waals surface area contributed by atoms with E-state index in [1.807, 2.05) is 32.2 Å². The fourth-order valence-electron chi connectivity index (χ4n) is 3.46. The second-order valence-electron chi connectivity index (χ2n) is 7.59. The lowest BCUT2D eigenvalue weighted by molar-refractivity contribution is -0.139. The summed E-state index contributed by atoms with van der Waals surface area (Å²) in [6.45, 7) is 4.02. The number of halogens is 1. The van der Waals surface area contributed by atoms with E-state index < -0.39 is 24.6 Å². The van der Waals surface area contributed by atoms with Crippen molar-refractivity contribution in [3.05, 3.63) is 65.7 Å². The lowest BCUT2D eigenvalue weighted by Gasteiger charge is -2.17. The Labute approximate surface area is 173 Å². The van der Waals surface area contributed by atoms with Crippen molar-refractivity contribution in [3.63, 3.8) is 0 Å². The van der Waals surface area contributed by atoms with E-state index in [1.165, 1.54) is 18.2 Å². The van der Waals surface area contributed by atoms with Crippen LogP contribution in [0, 0.1) is 5.82 Å². The molecule has 0 spiro atoms. The second kappa shape index (κ2) is 9.19. The standard InChI is InChI=1S/C23H25FN2O4/c1-14(2)23-19(10-9-17(27)12-18(28)13-21(29)30)22(15-5-7-16(24)8-6-15)20-4-3-11-26(20)25-23/h3-11,14,17-18,27-28H,12-13H2,1-2H3,(H,29,30)/b10-9+. The van der Waals surface area contributed by atoms with Crippen LogP contribution in [0.1, 0.15) is 43.9 Å². The molecule has 0 aliphatic rings. The Hall–Kier alpha value is -3.03. The van der Waals surface area contributed by atoms with E-state index in [4.69, 9.17) is 10.2 Å². The molecule has 158 valence electrons. The zero-order chi connectivity index (χ0) is 21.8. The molecule has 0 bridgehead atoms. The highest BCUT2D eigenvalue weighted by molar-refractivity contribution is 5.88. The molecule has 2 unspecified atom stereocenters. The van der Waals surface area contributed by atoms with Gasteiger partial charge in [-0.1, -0.05) is 38.1 Å². The normalized spacial score (nSPS) is 13.9. The number of aliphatic carboxylic acids is 1. The van der Waals surface area contributed by atoms with E-state index in [0.717, 1.165) is 27.9 Å². The maximum Gasteiger partial charge on any atom is 0.305 e. The van der Waals surface area contributed by atoms with Crippen LogP contribution in [0.15, 0.2) is 48.7 Å².